The summed E-state index contributed by atoms with van der Waals surface area (Å²) >= 11 is 0. The lowest BCUT2D eigenvalue weighted by molar-refractivity contribution is 0.635. The second-order valence-corrected chi connectivity index (χ2v) is 7.77. The molecule has 2 heterocycles. The van der Waals surface area contributed by atoms with Crippen molar-refractivity contribution in [3.8, 4) is 22.5 Å². The van der Waals surface area contributed by atoms with Crippen molar-refractivity contribution in [1.82, 2.24) is 0 Å². The summed E-state index contributed by atoms with van der Waals surface area (Å²) in [6.07, 6.45) is 0. The maximum Gasteiger partial charge on any atom is 0.146 e. The van der Waals surface area contributed by atoms with Crippen LogP contribution < -0.4 is 0 Å². The molecule has 0 saturated carbocycles. The molecule has 0 N–H and O–H groups in total. The standard InChI is InChI=1S/C34H20O2/c1-2-10-21(11-3-1)31-23-12-4-6-14-25(23)32(26-15-7-5-13-24(26)31)30-20-22-18-19-29-33(34(22)36-30)27-16-8-9-17-28(27)35-29/h1-20H/i1D,2D,3D,4D,5D,6D,7D,8D,9D,10D,11D,12D,13D,14D,15D,16D,17D,18D,19D,20D. The summed E-state index contributed by atoms with van der Waals surface area (Å²) in [5, 5.41) is -3.11. The molecule has 0 radical (unpaired) electrons. The van der Waals surface area contributed by atoms with Crippen LogP contribution in [0.15, 0.2) is 130 Å². The van der Waals surface area contributed by atoms with Gasteiger partial charge in [0.15, 0.2) is 0 Å². The van der Waals surface area contributed by atoms with Gasteiger partial charge in [0.1, 0.15) is 22.5 Å². The van der Waals surface area contributed by atoms with Crippen molar-refractivity contribution in [3.05, 3.63) is 121 Å². The van der Waals surface area contributed by atoms with Gasteiger partial charge in [-0.2, -0.15) is 0 Å². The van der Waals surface area contributed by atoms with E-state index in [2.05, 4.69) is 0 Å². The Morgan fingerprint density at radius 2 is 1.06 bits per heavy atom. The monoisotopic (exact) mass is 480 g/mol. The lowest BCUT2D eigenvalue weighted by Crippen LogP contribution is -1.89. The van der Waals surface area contributed by atoms with Gasteiger partial charge in [-0.3, -0.25) is 0 Å². The van der Waals surface area contributed by atoms with Crippen LogP contribution in [0.4, 0.5) is 0 Å². The molecule has 6 aromatic carbocycles. The Hall–Kier alpha value is -4.82. The first-order chi connectivity index (χ1) is 26.2. The molecule has 0 spiro atoms. The van der Waals surface area contributed by atoms with E-state index < -0.39 is 187 Å². The molecule has 2 heteroatoms. The van der Waals surface area contributed by atoms with E-state index in [4.69, 9.17) is 34.9 Å². The lowest BCUT2D eigenvalue weighted by Gasteiger charge is -2.16. The Balaban J connectivity index is 1.73. The Kier molecular flexibility index (Phi) is 1.71. The van der Waals surface area contributed by atoms with Crippen LogP contribution in [-0.2, 0) is 0 Å². The molecule has 0 unspecified atom stereocenters. The summed E-state index contributed by atoms with van der Waals surface area (Å²) in [6, 6.07) is -15.5. The molecule has 2 aromatic heterocycles. The molecule has 8 rings (SSSR count). The highest BCUT2D eigenvalue weighted by molar-refractivity contribution is 6.22. The van der Waals surface area contributed by atoms with E-state index in [1.165, 1.54) is 0 Å². The van der Waals surface area contributed by atoms with Crippen molar-refractivity contribution in [3.63, 3.8) is 0 Å². The van der Waals surface area contributed by atoms with Gasteiger partial charge >= 0.3 is 0 Å². The maximum absolute atomic E-state index is 9.37. The fraction of sp³-hybridized carbons (Fsp3) is 0. The minimum Gasteiger partial charge on any atom is -0.456 e. The zero-order valence-electron chi connectivity index (χ0n) is 37.8. The van der Waals surface area contributed by atoms with Crippen LogP contribution in [0.5, 0.6) is 0 Å². The normalized spacial score (nSPS) is 19.7. The highest BCUT2D eigenvalue weighted by Crippen LogP contribution is 2.46. The molecule has 0 amide bonds. The molecule has 0 aliphatic heterocycles. The smallest absolute Gasteiger partial charge is 0.146 e. The van der Waals surface area contributed by atoms with Crippen LogP contribution in [-0.4, -0.2) is 0 Å². The zero-order valence-corrected chi connectivity index (χ0v) is 17.8. The average Bonchev–Trinajstić information content (AvgIpc) is 3.74. The molecule has 0 bridgehead atoms. The molecule has 8 aromatic rings. The summed E-state index contributed by atoms with van der Waals surface area (Å²) in [5.41, 5.74) is -2.93. The lowest BCUT2D eigenvalue weighted by atomic mass is 9.87. The van der Waals surface area contributed by atoms with E-state index in [1.54, 1.807) is 0 Å². The Bertz CT molecular complexity index is 3090. The third-order valence-corrected chi connectivity index (χ3v) is 5.88. The maximum atomic E-state index is 9.37. The van der Waals surface area contributed by atoms with E-state index in [1.807, 2.05) is 0 Å². The van der Waals surface area contributed by atoms with Crippen LogP contribution in [0.3, 0.4) is 0 Å². The van der Waals surface area contributed by atoms with Gasteiger partial charge in [-0.1, -0.05) is 96.7 Å². The van der Waals surface area contributed by atoms with Crippen LogP contribution in [0.2, 0.25) is 0 Å². The molecule has 36 heavy (non-hydrogen) atoms. The highest BCUT2D eigenvalue weighted by atomic mass is 16.3. The Morgan fingerprint density at radius 3 is 1.75 bits per heavy atom. The van der Waals surface area contributed by atoms with Crippen molar-refractivity contribution in [2.24, 2.45) is 0 Å². The number of fused-ring (bicyclic) bond motifs is 7. The second-order valence-electron chi connectivity index (χ2n) is 7.77. The molecule has 168 valence electrons. The van der Waals surface area contributed by atoms with Gasteiger partial charge in [-0.15, -0.1) is 0 Å². The van der Waals surface area contributed by atoms with Crippen molar-refractivity contribution in [2.45, 2.75) is 0 Å². The quantitative estimate of drug-likeness (QED) is 0.230. The molecule has 0 aliphatic rings. The molecular weight excluding hydrogens is 440 g/mol. The summed E-state index contributed by atoms with van der Waals surface area (Å²) in [6.45, 7) is 0. The molecular formula is C34H20O2. The Morgan fingerprint density at radius 1 is 0.472 bits per heavy atom. The van der Waals surface area contributed by atoms with Gasteiger partial charge in [0.2, 0.25) is 0 Å². The fourth-order valence-electron chi connectivity index (χ4n) is 4.45. The van der Waals surface area contributed by atoms with Gasteiger partial charge in [-0.05, 0) is 56.8 Å². The van der Waals surface area contributed by atoms with Crippen molar-refractivity contribution >= 4 is 54.5 Å². The van der Waals surface area contributed by atoms with Crippen LogP contribution >= 0.6 is 0 Å². The number of benzene rings is 6. The van der Waals surface area contributed by atoms with Crippen molar-refractivity contribution in [1.29, 1.82) is 0 Å². The minimum absolute atomic E-state index is 0.240. The third-order valence-electron chi connectivity index (χ3n) is 5.88. The molecule has 0 fully saturated rings. The summed E-state index contributed by atoms with van der Waals surface area (Å²) in [5.74, 6) is -0.645. The van der Waals surface area contributed by atoms with Crippen molar-refractivity contribution < 1.29 is 36.2 Å². The number of rotatable bonds is 2. The first kappa shape index (κ1) is 8.39. The van der Waals surface area contributed by atoms with Crippen LogP contribution in [0.1, 0.15) is 27.4 Å². The van der Waals surface area contributed by atoms with Gasteiger partial charge in [0.25, 0.3) is 0 Å². The largest absolute Gasteiger partial charge is 0.456 e. The Labute approximate surface area is 235 Å². The molecule has 0 saturated heterocycles. The SMILES string of the molecule is [2H]c1c([2H])c([2H])c(-c2c3c([2H])c([2H])c([2H])c([2H])c3c(-c3oc4c(c3[2H])c([2H])c([2H])c3oc5c([2H])c([2H])c([2H])c([2H])c5c34)c3c([2H])c([2H])c([2H])c([2H])c23)c([2H])c1[2H]. The zero-order chi connectivity index (χ0) is 41.0. The third kappa shape index (κ3) is 2.67. The molecule has 0 aliphatic carbocycles. The van der Waals surface area contributed by atoms with Gasteiger partial charge in [0, 0.05) is 16.3 Å². The summed E-state index contributed by atoms with van der Waals surface area (Å²) < 4.78 is 186. The summed E-state index contributed by atoms with van der Waals surface area (Å²) in [4.78, 5) is 0. The highest BCUT2D eigenvalue weighted by Gasteiger charge is 2.20. The van der Waals surface area contributed by atoms with E-state index >= 15 is 0 Å². The number of para-hydroxylation sites is 1. The van der Waals surface area contributed by atoms with E-state index in [0.29, 0.717) is 0 Å². The van der Waals surface area contributed by atoms with E-state index in [9.17, 15) is 1.37 Å². The van der Waals surface area contributed by atoms with Gasteiger partial charge in [-0.25, -0.2) is 0 Å². The molecule has 0 atom stereocenters. The second kappa shape index (κ2) is 7.34. The summed E-state index contributed by atoms with van der Waals surface area (Å²) in [7, 11) is 0. The minimum atomic E-state index is -0.856. The predicted molar refractivity (Wildman–Crippen MR) is 149 cm³/mol. The number of furan rings is 2. The van der Waals surface area contributed by atoms with Gasteiger partial charge < -0.3 is 8.83 Å². The number of hydrogen-bond acceptors (Lipinski definition) is 2. The fourth-order valence-corrected chi connectivity index (χ4v) is 4.45. The number of hydrogen-bond donors (Lipinski definition) is 0. The van der Waals surface area contributed by atoms with Crippen molar-refractivity contribution in [2.75, 3.05) is 0 Å². The predicted octanol–water partition coefficient (Wildman–Crippen LogP) is 9.97. The average molecular weight is 481 g/mol. The van der Waals surface area contributed by atoms with Gasteiger partial charge in [0.05, 0.1) is 32.8 Å². The van der Waals surface area contributed by atoms with Crippen LogP contribution in [0.25, 0.3) is 76.9 Å². The van der Waals surface area contributed by atoms with Crippen LogP contribution in [0, 0.1) is 0 Å². The topological polar surface area (TPSA) is 26.3 Å². The first-order valence-corrected chi connectivity index (χ1v) is 10.6. The van der Waals surface area contributed by atoms with E-state index in [-0.39, 0.29) is 10.8 Å². The van der Waals surface area contributed by atoms with E-state index in [0.717, 1.165) is 0 Å². The molecule has 2 nitrogen and oxygen atoms in total. The first-order valence-electron chi connectivity index (χ1n) is 20.6.